The van der Waals surface area contributed by atoms with Gasteiger partial charge in [-0.1, -0.05) is 59.8 Å². The third kappa shape index (κ3) is 6.30. The fourth-order valence-electron chi connectivity index (χ4n) is 17.2. The largest absolute Gasteiger partial charge is 0.462 e. The van der Waals surface area contributed by atoms with Crippen molar-refractivity contribution >= 4 is 35.4 Å². The van der Waals surface area contributed by atoms with Gasteiger partial charge < -0.3 is 45.1 Å². The molecule has 6 heterocycles. The number of aliphatic hydroxyl groups is 2. The first-order valence-electron chi connectivity index (χ1n) is 25.4. The fraction of sp³-hybridized carbons (Fsp3) is 0.840. The Kier molecular flexibility index (Phi) is 10.8. The summed E-state index contributed by atoms with van der Waals surface area (Å²) in [5.41, 5.74) is -3.63. The molecule has 23 atom stereocenters. The van der Waals surface area contributed by atoms with Gasteiger partial charge in [0.15, 0.2) is 11.4 Å². The average Bonchev–Trinajstić information content (AvgIpc) is 3.99. The Morgan fingerprint density at radius 2 is 1.75 bits per heavy atom. The number of rotatable bonds is 13. The molecule has 1 aromatic heterocycles. The van der Waals surface area contributed by atoms with E-state index in [0.717, 1.165) is 30.8 Å². The summed E-state index contributed by atoms with van der Waals surface area (Å²) in [6.07, 6.45) is 4.54. The maximum atomic E-state index is 14.7. The van der Waals surface area contributed by atoms with Crippen LogP contribution in [-0.2, 0) is 51.2 Å². The molecule has 1 amide bonds. The number of thioether (sulfide) groups is 1. The molecule has 368 valence electrons. The quantitative estimate of drug-likeness (QED) is 0.108. The van der Waals surface area contributed by atoms with Gasteiger partial charge in [-0.3, -0.25) is 19.1 Å². The number of nitrogens with one attached hydrogen (secondary N) is 3. The van der Waals surface area contributed by atoms with Gasteiger partial charge in [-0.05, 0) is 92.3 Å². The number of ether oxygens (including phenoxy) is 4. The van der Waals surface area contributed by atoms with E-state index in [2.05, 4.69) is 74.4 Å². The number of Topliss-reactive ketones (excluding diaryl/α,β-unsaturated/α-hetero) is 1. The van der Waals surface area contributed by atoms with E-state index in [1.165, 1.54) is 6.92 Å². The number of aryl methyl sites for hydroxylation is 1. The first-order chi connectivity index (χ1) is 31.7. The Morgan fingerprint density at radius 1 is 0.985 bits per heavy atom. The summed E-state index contributed by atoms with van der Waals surface area (Å²) in [4.78, 5) is 55.5. The second kappa shape index (κ2) is 15.6. The highest BCUT2D eigenvalue weighted by atomic mass is 32.2. The van der Waals surface area contributed by atoms with Gasteiger partial charge in [-0.25, -0.2) is 4.79 Å². The van der Waals surface area contributed by atoms with Gasteiger partial charge in [0.25, 0.3) is 0 Å². The minimum absolute atomic E-state index is 0.00908. The number of carbonyl (C=O) groups excluding carboxylic acids is 4. The molecular formula is C50H72N6O10S. The van der Waals surface area contributed by atoms with Crippen LogP contribution in [0.2, 0.25) is 0 Å². The van der Waals surface area contributed by atoms with Crippen LogP contribution in [0.15, 0.2) is 18.6 Å². The van der Waals surface area contributed by atoms with Crippen LogP contribution in [0.4, 0.5) is 0 Å². The number of aliphatic hydroxyl groups excluding tert-OH is 1. The summed E-state index contributed by atoms with van der Waals surface area (Å²) in [5, 5.41) is 43.8. The van der Waals surface area contributed by atoms with Gasteiger partial charge in [-0.15, -0.1) is 5.10 Å². The maximum Gasteiger partial charge on any atom is 0.341 e. The van der Waals surface area contributed by atoms with E-state index in [9.17, 15) is 29.4 Å². The van der Waals surface area contributed by atoms with Gasteiger partial charge in [-0.2, -0.15) is 11.8 Å². The molecule has 17 heteroatoms. The van der Waals surface area contributed by atoms with Crippen LogP contribution >= 0.6 is 11.8 Å². The van der Waals surface area contributed by atoms with Crippen molar-refractivity contribution in [2.75, 3.05) is 5.75 Å². The van der Waals surface area contributed by atoms with E-state index < -0.39 is 75.6 Å². The van der Waals surface area contributed by atoms with Crippen molar-refractivity contribution in [2.45, 2.75) is 179 Å². The number of epoxide rings is 2. The average molecular weight is 949 g/mol. The lowest BCUT2D eigenvalue weighted by molar-refractivity contribution is -0.222. The standard InChI is InChI=1S/C50H72N6O10S/c1-22-24(3)47(7)36-23(2)44-50(65-44)48(8,49(9,62)45(61)66-50)38(36)43(37(47)34-35(22)46(6)25(4)42-30(63-42)18-28(46)40(59)41(34)60)64-33(58)16-12-13-17-56-20-27(54-55-56)19-51-32(57)15-11-10-14-31-39-29(21-67-31)52-26(5)53-39/h20,22-25,28-31,34-39,41-44,52-53,60,62H,5,10-19,21H2,1-4,6-9H3,(H,51,57)/t22-,23+,24+,25+,28-,29+,30+,31+,34-,35+,36+,37-,38+,39+,41-,42-,43-,44-,46+,47-,48+,49-,50+/m1/s1. The van der Waals surface area contributed by atoms with E-state index in [-0.39, 0.29) is 78.3 Å². The lowest BCUT2D eigenvalue weighted by Gasteiger charge is -2.66. The number of hydrogen-bond acceptors (Lipinski definition) is 15. The van der Waals surface area contributed by atoms with Crippen molar-refractivity contribution in [1.82, 2.24) is 30.9 Å². The minimum Gasteiger partial charge on any atom is -0.462 e. The topological polar surface area (TPSA) is 219 Å². The number of unbranched alkanes of at least 4 members (excludes halogenated alkanes) is 2. The Bertz CT molecular complexity index is 2240. The molecule has 5 saturated heterocycles. The monoisotopic (exact) mass is 949 g/mol. The number of ketones is 1. The van der Waals surface area contributed by atoms with Crippen LogP contribution in [0.1, 0.15) is 112 Å². The molecule has 67 heavy (non-hydrogen) atoms. The zero-order chi connectivity index (χ0) is 47.5. The number of amides is 1. The summed E-state index contributed by atoms with van der Waals surface area (Å²) in [7, 11) is 0. The molecule has 0 unspecified atom stereocenters. The smallest absolute Gasteiger partial charge is 0.341 e. The van der Waals surface area contributed by atoms with Crippen LogP contribution in [0, 0.1) is 75.4 Å². The van der Waals surface area contributed by atoms with Crippen LogP contribution in [-0.4, -0.2) is 114 Å². The number of carbonyl (C=O) groups is 4. The van der Waals surface area contributed by atoms with Gasteiger partial charge in [0.2, 0.25) is 11.7 Å². The summed E-state index contributed by atoms with van der Waals surface area (Å²) < 4.78 is 27.3. The summed E-state index contributed by atoms with van der Waals surface area (Å²) >= 11 is 1.99. The van der Waals surface area contributed by atoms with Crippen LogP contribution < -0.4 is 16.0 Å². The van der Waals surface area contributed by atoms with Crippen molar-refractivity contribution < 1.29 is 48.3 Å². The molecule has 5 aliphatic carbocycles. The number of aromatic nitrogens is 3. The third-order valence-corrected chi connectivity index (χ3v) is 22.5. The third-order valence-electron chi connectivity index (χ3n) is 20.9. The molecule has 5 N–H and O–H groups in total. The number of esters is 2. The lowest BCUT2D eigenvalue weighted by Crippen LogP contribution is -2.69. The molecule has 1 spiro atoms. The fourth-order valence-corrected chi connectivity index (χ4v) is 18.7. The molecule has 5 saturated carbocycles. The maximum absolute atomic E-state index is 14.7. The number of hydrogen-bond donors (Lipinski definition) is 5. The highest BCUT2D eigenvalue weighted by molar-refractivity contribution is 8.00. The molecule has 0 bridgehead atoms. The van der Waals surface area contributed by atoms with Gasteiger partial charge in [0.05, 0.1) is 48.3 Å². The number of nitrogens with zero attached hydrogens (tertiary/aromatic N) is 3. The molecular weight excluding hydrogens is 877 g/mol. The van der Waals surface area contributed by atoms with E-state index in [1.54, 1.807) is 4.68 Å². The molecule has 11 rings (SSSR count). The molecule has 16 nitrogen and oxygen atoms in total. The molecule has 5 aliphatic heterocycles. The first kappa shape index (κ1) is 46.2. The highest BCUT2D eigenvalue weighted by Gasteiger charge is 2.92. The summed E-state index contributed by atoms with van der Waals surface area (Å²) in [5.74, 6) is -2.77. The van der Waals surface area contributed by atoms with Crippen LogP contribution in [0.5, 0.6) is 0 Å². The van der Waals surface area contributed by atoms with Crippen molar-refractivity contribution in [3.8, 4) is 0 Å². The SMILES string of the molecule is C=C1N[C@H]2[C@H](CS[C@H]2CCCCC(=O)NCc2cn(CCCCC(=O)O[C@@H]3[C@H]4[C@H]5[C@H]([C@H](C)[C@H](C)[C@]4(C)[C@H]4[C@H](C)[C@H]6O[C@]67OC(=O)[C@@](C)(O)[C@]7(C)[C@H]34)[C@]3(C)[C@H](C[C@@H]4O[C@@H]4[C@@H]3C)C(=O)[C@@H]5O)nn2)N1. The summed E-state index contributed by atoms with van der Waals surface area (Å²) in [6, 6.07) is 0.859. The molecule has 0 aromatic carbocycles. The van der Waals surface area contributed by atoms with E-state index in [4.69, 9.17) is 18.9 Å². The Balaban J connectivity index is 0.772. The Hall–Kier alpha value is -3.25. The molecule has 10 aliphatic rings. The predicted octanol–water partition coefficient (Wildman–Crippen LogP) is 3.87. The molecule has 1 aromatic rings. The minimum atomic E-state index is -1.96. The molecule has 0 radical (unpaired) electrons. The normalized spacial score (nSPS) is 51.3. The second-order valence-corrected chi connectivity index (χ2v) is 24.8. The van der Waals surface area contributed by atoms with Crippen LogP contribution in [0.25, 0.3) is 0 Å². The van der Waals surface area contributed by atoms with E-state index in [1.807, 2.05) is 24.9 Å². The Morgan fingerprint density at radius 3 is 2.52 bits per heavy atom. The van der Waals surface area contributed by atoms with E-state index in [0.29, 0.717) is 55.3 Å². The lowest BCUT2D eigenvalue weighted by atomic mass is 9.37. The zero-order valence-corrected chi connectivity index (χ0v) is 41.2. The predicted molar refractivity (Wildman–Crippen MR) is 244 cm³/mol. The zero-order valence-electron chi connectivity index (χ0n) is 40.4. The van der Waals surface area contributed by atoms with Gasteiger partial charge >= 0.3 is 11.9 Å². The van der Waals surface area contributed by atoms with Crippen molar-refractivity contribution in [3.05, 3.63) is 24.3 Å². The van der Waals surface area contributed by atoms with Gasteiger partial charge in [0, 0.05) is 54.1 Å². The summed E-state index contributed by atoms with van der Waals surface area (Å²) in [6.45, 7) is 21.6. The highest BCUT2D eigenvalue weighted by Crippen LogP contribution is 2.82. The van der Waals surface area contributed by atoms with Crippen molar-refractivity contribution in [1.29, 1.82) is 0 Å². The second-order valence-electron chi connectivity index (χ2n) is 23.5. The van der Waals surface area contributed by atoms with Crippen molar-refractivity contribution in [2.24, 2.45) is 75.4 Å². The Labute approximate surface area is 397 Å². The first-order valence-corrected chi connectivity index (χ1v) is 26.5. The van der Waals surface area contributed by atoms with Crippen molar-refractivity contribution in [3.63, 3.8) is 0 Å². The number of fused-ring (bicyclic) bond motifs is 10. The van der Waals surface area contributed by atoms with Gasteiger partial charge in [0.1, 0.15) is 24.0 Å². The van der Waals surface area contributed by atoms with Crippen LogP contribution in [0.3, 0.4) is 0 Å². The van der Waals surface area contributed by atoms with E-state index >= 15 is 0 Å². The molecule has 10 fully saturated rings.